The summed E-state index contributed by atoms with van der Waals surface area (Å²) in [7, 11) is 0. The Labute approximate surface area is 133 Å². The van der Waals surface area contributed by atoms with Crippen LogP contribution in [-0.4, -0.2) is 15.4 Å². The van der Waals surface area contributed by atoms with E-state index in [1.165, 1.54) is 18.2 Å². The van der Waals surface area contributed by atoms with Crippen molar-refractivity contribution in [2.24, 2.45) is 0 Å². The molecule has 0 amide bonds. The lowest BCUT2D eigenvalue weighted by atomic mass is 10.2. The Morgan fingerprint density at radius 3 is 2.52 bits per heavy atom. The van der Waals surface area contributed by atoms with Crippen LogP contribution in [0.15, 0.2) is 40.9 Å². The third-order valence-corrected chi connectivity index (χ3v) is 3.97. The van der Waals surface area contributed by atoms with Crippen LogP contribution in [0, 0.1) is 11.6 Å². The Morgan fingerprint density at radius 2 is 1.86 bits per heavy atom. The zero-order valence-corrected chi connectivity index (χ0v) is 13.1. The van der Waals surface area contributed by atoms with E-state index in [9.17, 15) is 8.78 Å². The van der Waals surface area contributed by atoms with Gasteiger partial charge >= 0.3 is 0 Å². The Bertz CT molecular complexity index is 800. The van der Waals surface area contributed by atoms with Gasteiger partial charge in [0, 0.05) is 24.1 Å². The molecule has 0 aliphatic rings. The van der Waals surface area contributed by atoms with Gasteiger partial charge in [0.05, 0.1) is 15.5 Å². The SMILES string of the molecule is Fc1ccc(-n2c(CCCl)nc3cc(Br)c(F)cc32)cc1. The fraction of sp³-hybridized carbons (Fsp3) is 0.133. The highest BCUT2D eigenvalue weighted by Gasteiger charge is 2.14. The fourth-order valence-electron chi connectivity index (χ4n) is 2.25. The molecule has 0 spiro atoms. The second kappa shape index (κ2) is 5.73. The van der Waals surface area contributed by atoms with Crippen molar-refractivity contribution >= 4 is 38.6 Å². The van der Waals surface area contributed by atoms with Gasteiger partial charge in [-0.2, -0.15) is 0 Å². The molecular weight excluding hydrogens is 362 g/mol. The third kappa shape index (κ3) is 2.68. The molecule has 1 heterocycles. The summed E-state index contributed by atoms with van der Waals surface area (Å²) < 4.78 is 29.1. The zero-order valence-electron chi connectivity index (χ0n) is 10.8. The summed E-state index contributed by atoms with van der Waals surface area (Å²) in [6.45, 7) is 0. The lowest BCUT2D eigenvalue weighted by Crippen LogP contribution is -2.02. The fourth-order valence-corrected chi connectivity index (χ4v) is 2.75. The van der Waals surface area contributed by atoms with Gasteiger partial charge in [0.25, 0.3) is 0 Å². The molecule has 0 unspecified atom stereocenters. The topological polar surface area (TPSA) is 17.8 Å². The Kier molecular flexibility index (Phi) is 3.95. The van der Waals surface area contributed by atoms with Gasteiger partial charge in [-0.25, -0.2) is 13.8 Å². The molecule has 108 valence electrons. The van der Waals surface area contributed by atoms with Gasteiger partial charge < -0.3 is 0 Å². The number of rotatable bonds is 3. The van der Waals surface area contributed by atoms with E-state index >= 15 is 0 Å². The standard InChI is InChI=1S/C15H10BrClF2N2/c16-11-7-13-14(8-12(11)19)21(15(20-13)5-6-17)10-3-1-9(18)2-4-10/h1-4,7-8H,5-6H2. The molecule has 21 heavy (non-hydrogen) atoms. The first kappa shape index (κ1) is 14.5. The predicted octanol–water partition coefficient (Wildman–Crippen LogP) is 4.85. The molecule has 0 atom stereocenters. The van der Waals surface area contributed by atoms with E-state index < -0.39 is 0 Å². The maximum absolute atomic E-state index is 13.8. The van der Waals surface area contributed by atoms with Gasteiger partial charge in [-0.15, -0.1) is 11.6 Å². The summed E-state index contributed by atoms with van der Waals surface area (Å²) in [4.78, 5) is 4.49. The summed E-state index contributed by atoms with van der Waals surface area (Å²) in [6.07, 6.45) is 0.535. The van der Waals surface area contributed by atoms with E-state index in [2.05, 4.69) is 20.9 Å². The highest BCUT2D eigenvalue weighted by molar-refractivity contribution is 9.10. The molecule has 0 N–H and O–H groups in total. The number of fused-ring (bicyclic) bond motifs is 1. The first-order chi connectivity index (χ1) is 10.1. The van der Waals surface area contributed by atoms with Crippen LogP contribution in [0.25, 0.3) is 16.7 Å². The first-order valence-electron chi connectivity index (χ1n) is 6.28. The number of aryl methyl sites for hydroxylation is 1. The molecule has 2 nitrogen and oxygen atoms in total. The minimum atomic E-state index is -0.372. The predicted molar refractivity (Wildman–Crippen MR) is 83.1 cm³/mol. The van der Waals surface area contributed by atoms with E-state index in [0.29, 0.717) is 33.6 Å². The monoisotopic (exact) mass is 370 g/mol. The van der Waals surface area contributed by atoms with Gasteiger partial charge in [-0.3, -0.25) is 4.57 Å². The van der Waals surface area contributed by atoms with Gasteiger partial charge in [-0.05, 0) is 46.3 Å². The van der Waals surface area contributed by atoms with Crippen molar-refractivity contribution in [3.63, 3.8) is 0 Å². The van der Waals surface area contributed by atoms with Gasteiger partial charge in [-0.1, -0.05) is 0 Å². The summed E-state index contributed by atoms with van der Waals surface area (Å²) in [6, 6.07) is 9.03. The van der Waals surface area contributed by atoms with Gasteiger partial charge in [0.1, 0.15) is 17.5 Å². The number of halogens is 4. The molecule has 0 saturated heterocycles. The molecular formula is C15H10BrClF2N2. The molecule has 0 fully saturated rings. The molecule has 0 aliphatic carbocycles. The quantitative estimate of drug-likeness (QED) is 0.602. The lowest BCUT2D eigenvalue weighted by molar-refractivity contribution is 0.622. The number of hydrogen-bond donors (Lipinski definition) is 0. The summed E-state index contributed by atoms with van der Waals surface area (Å²) in [5, 5.41) is 0. The Balaban J connectivity index is 2.29. The molecule has 3 aromatic rings. The number of alkyl halides is 1. The van der Waals surface area contributed by atoms with Gasteiger partial charge in [0.2, 0.25) is 0 Å². The smallest absolute Gasteiger partial charge is 0.139 e. The lowest BCUT2D eigenvalue weighted by Gasteiger charge is -2.08. The minimum Gasteiger partial charge on any atom is -0.296 e. The maximum atomic E-state index is 13.8. The van der Waals surface area contributed by atoms with Crippen LogP contribution in [0.4, 0.5) is 8.78 Å². The molecule has 3 rings (SSSR count). The van der Waals surface area contributed by atoms with Crippen molar-refractivity contribution in [2.75, 3.05) is 5.88 Å². The van der Waals surface area contributed by atoms with E-state index in [4.69, 9.17) is 11.6 Å². The number of aromatic nitrogens is 2. The highest BCUT2D eigenvalue weighted by atomic mass is 79.9. The van der Waals surface area contributed by atoms with Crippen molar-refractivity contribution in [2.45, 2.75) is 6.42 Å². The van der Waals surface area contributed by atoms with E-state index in [1.54, 1.807) is 22.8 Å². The zero-order chi connectivity index (χ0) is 15.0. The molecule has 0 aliphatic heterocycles. The van der Waals surface area contributed by atoms with Crippen molar-refractivity contribution in [1.29, 1.82) is 0 Å². The van der Waals surface area contributed by atoms with Crippen molar-refractivity contribution in [3.05, 3.63) is 58.3 Å². The van der Waals surface area contributed by atoms with Gasteiger partial charge in [0.15, 0.2) is 0 Å². The number of imidazole rings is 1. The van der Waals surface area contributed by atoms with Crippen molar-refractivity contribution in [3.8, 4) is 5.69 Å². The maximum Gasteiger partial charge on any atom is 0.139 e. The summed E-state index contributed by atoms with van der Waals surface area (Å²) in [5.41, 5.74) is 2.01. The molecule has 0 radical (unpaired) electrons. The Morgan fingerprint density at radius 1 is 1.14 bits per heavy atom. The normalized spacial score (nSPS) is 11.2. The van der Waals surface area contributed by atoms with Crippen LogP contribution in [0.1, 0.15) is 5.82 Å². The summed E-state index contributed by atoms with van der Waals surface area (Å²) in [5.74, 6) is 0.414. The van der Waals surface area contributed by atoms with Crippen LogP contribution in [0.3, 0.4) is 0 Å². The average molecular weight is 372 g/mol. The Hall–Kier alpha value is -1.46. The molecule has 1 aromatic heterocycles. The second-order valence-corrected chi connectivity index (χ2v) is 5.77. The first-order valence-corrected chi connectivity index (χ1v) is 7.61. The average Bonchev–Trinajstić information content (AvgIpc) is 2.78. The molecule has 2 aromatic carbocycles. The van der Waals surface area contributed by atoms with E-state index in [1.807, 2.05) is 0 Å². The van der Waals surface area contributed by atoms with Crippen LogP contribution >= 0.6 is 27.5 Å². The van der Waals surface area contributed by atoms with Crippen LogP contribution < -0.4 is 0 Å². The largest absolute Gasteiger partial charge is 0.296 e. The van der Waals surface area contributed by atoms with E-state index in [0.717, 1.165) is 5.69 Å². The molecule has 0 saturated carbocycles. The second-order valence-electron chi connectivity index (χ2n) is 4.53. The number of nitrogens with zero attached hydrogens (tertiary/aromatic N) is 2. The minimum absolute atomic E-state index is 0.323. The van der Waals surface area contributed by atoms with Crippen LogP contribution in [0.2, 0.25) is 0 Å². The van der Waals surface area contributed by atoms with Crippen LogP contribution in [0.5, 0.6) is 0 Å². The number of hydrogen-bond acceptors (Lipinski definition) is 1. The number of benzene rings is 2. The highest BCUT2D eigenvalue weighted by Crippen LogP contribution is 2.27. The molecule has 0 bridgehead atoms. The third-order valence-electron chi connectivity index (χ3n) is 3.17. The molecule has 6 heteroatoms. The van der Waals surface area contributed by atoms with Crippen LogP contribution in [-0.2, 0) is 6.42 Å². The summed E-state index contributed by atoms with van der Waals surface area (Å²) >= 11 is 8.97. The van der Waals surface area contributed by atoms with E-state index in [-0.39, 0.29) is 11.6 Å². The van der Waals surface area contributed by atoms with Crippen molar-refractivity contribution < 1.29 is 8.78 Å². The van der Waals surface area contributed by atoms with Crippen molar-refractivity contribution in [1.82, 2.24) is 9.55 Å².